The van der Waals surface area contributed by atoms with Crippen molar-refractivity contribution >= 4 is 34.4 Å². The molecule has 0 saturated carbocycles. The average molecular weight is 405 g/mol. The summed E-state index contributed by atoms with van der Waals surface area (Å²) in [6.07, 6.45) is 0. The Kier molecular flexibility index (Phi) is 7.51. The maximum atomic E-state index is 12.8. The molecule has 0 saturated heterocycles. The number of esters is 1. The molecule has 0 amide bonds. The summed E-state index contributed by atoms with van der Waals surface area (Å²) in [5.41, 5.74) is 3.04. The first-order valence-corrected chi connectivity index (χ1v) is 10.3. The molecule has 3 nitrogen and oxygen atoms in total. The smallest absolute Gasteiger partial charge is 0.339 e. The molecule has 2 aromatic rings. The SMILES string of the molecule is CCOC(=O)c1cc(C(C)C)cc(C(C)C)c1SC(=O)c1ccc(Cl)cc1. The van der Waals surface area contributed by atoms with Crippen LogP contribution in [0.1, 0.15) is 78.3 Å². The summed E-state index contributed by atoms with van der Waals surface area (Å²) in [4.78, 5) is 26.1. The van der Waals surface area contributed by atoms with Gasteiger partial charge in [-0.1, -0.05) is 45.4 Å². The highest BCUT2D eigenvalue weighted by Gasteiger charge is 2.23. The van der Waals surface area contributed by atoms with Crippen LogP contribution in [0.2, 0.25) is 5.02 Å². The first-order chi connectivity index (χ1) is 12.7. The van der Waals surface area contributed by atoms with Gasteiger partial charge in [0, 0.05) is 15.5 Å². The van der Waals surface area contributed by atoms with Gasteiger partial charge in [-0.2, -0.15) is 0 Å². The third kappa shape index (κ3) is 5.36. The Morgan fingerprint density at radius 1 is 1.04 bits per heavy atom. The van der Waals surface area contributed by atoms with E-state index >= 15 is 0 Å². The number of thioether (sulfide) groups is 1. The van der Waals surface area contributed by atoms with Crippen molar-refractivity contribution < 1.29 is 14.3 Å². The molecule has 2 aromatic carbocycles. The Morgan fingerprint density at radius 3 is 2.19 bits per heavy atom. The van der Waals surface area contributed by atoms with E-state index in [0.717, 1.165) is 22.9 Å². The molecule has 2 rings (SSSR count). The second-order valence-corrected chi connectivity index (χ2v) is 8.33. The van der Waals surface area contributed by atoms with Crippen molar-refractivity contribution in [2.75, 3.05) is 6.61 Å². The highest BCUT2D eigenvalue weighted by atomic mass is 35.5. The van der Waals surface area contributed by atoms with E-state index in [-0.39, 0.29) is 23.6 Å². The summed E-state index contributed by atoms with van der Waals surface area (Å²) in [5, 5.41) is 0.448. The lowest BCUT2D eigenvalue weighted by Gasteiger charge is -2.19. The molecule has 0 N–H and O–H groups in total. The molecular formula is C22H25ClO3S. The van der Waals surface area contributed by atoms with Crippen LogP contribution < -0.4 is 0 Å². The van der Waals surface area contributed by atoms with Crippen molar-refractivity contribution in [1.29, 1.82) is 0 Å². The van der Waals surface area contributed by atoms with E-state index in [1.165, 1.54) is 0 Å². The predicted molar refractivity (Wildman–Crippen MR) is 112 cm³/mol. The number of hydrogen-bond acceptors (Lipinski definition) is 4. The van der Waals surface area contributed by atoms with Gasteiger partial charge in [-0.05, 0) is 72.0 Å². The highest BCUT2D eigenvalue weighted by Crippen LogP contribution is 2.37. The fourth-order valence-electron chi connectivity index (χ4n) is 2.65. The average Bonchev–Trinajstić information content (AvgIpc) is 2.61. The van der Waals surface area contributed by atoms with E-state index in [1.807, 2.05) is 6.07 Å². The quantitative estimate of drug-likeness (QED) is 0.397. The molecule has 5 heteroatoms. The Morgan fingerprint density at radius 2 is 1.67 bits per heavy atom. The summed E-state index contributed by atoms with van der Waals surface area (Å²) in [5.74, 6) is 0.0346. The molecule has 0 aliphatic rings. The Labute approximate surface area is 170 Å². The monoisotopic (exact) mass is 404 g/mol. The van der Waals surface area contributed by atoms with Crippen LogP contribution in [-0.4, -0.2) is 17.7 Å². The van der Waals surface area contributed by atoms with Crippen molar-refractivity contribution in [2.24, 2.45) is 0 Å². The maximum Gasteiger partial charge on any atom is 0.339 e. The zero-order valence-corrected chi connectivity index (χ0v) is 17.9. The number of ether oxygens (including phenoxy) is 1. The molecule has 27 heavy (non-hydrogen) atoms. The van der Waals surface area contributed by atoms with E-state index in [9.17, 15) is 9.59 Å². The molecule has 0 atom stereocenters. The zero-order chi connectivity index (χ0) is 20.1. The topological polar surface area (TPSA) is 43.4 Å². The summed E-state index contributed by atoms with van der Waals surface area (Å²) in [6.45, 7) is 10.4. The van der Waals surface area contributed by atoms with Crippen LogP contribution in [0.15, 0.2) is 41.3 Å². The third-order valence-corrected chi connectivity index (χ3v) is 5.53. The number of benzene rings is 2. The van der Waals surface area contributed by atoms with E-state index in [0.29, 0.717) is 21.0 Å². The Bertz CT molecular complexity index is 826. The summed E-state index contributed by atoms with van der Waals surface area (Å²) >= 11 is 6.99. The third-order valence-electron chi connectivity index (χ3n) is 4.20. The van der Waals surface area contributed by atoms with Gasteiger partial charge in [0.15, 0.2) is 0 Å². The van der Waals surface area contributed by atoms with Gasteiger partial charge in [-0.15, -0.1) is 0 Å². The second kappa shape index (κ2) is 9.43. The van der Waals surface area contributed by atoms with Gasteiger partial charge in [0.2, 0.25) is 5.12 Å². The van der Waals surface area contributed by atoms with Gasteiger partial charge >= 0.3 is 5.97 Å². The first kappa shape index (κ1) is 21.5. The predicted octanol–water partition coefficient (Wildman–Crippen LogP) is 6.70. The lowest BCUT2D eigenvalue weighted by atomic mass is 9.93. The molecule has 0 aliphatic heterocycles. The Balaban J connectivity index is 2.55. The van der Waals surface area contributed by atoms with Gasteiger partial charge in [0.1, 0.15) is 0 Å². The van der Waals surface area contributed by atoms with Crippen LogP contribution in [0.25, 0.3) is 0 Å². The van der Waals surface area contributed by atoms with Crippen LogP contribution in [0.4, 0.5) is 0 Å². The van der Waals surface area contributed by atoms with Gasteiger partial charge in [0.25, 0.3) is 0 Å². The van der Waals surface area contributed by atoms with Crippen LogP contribution in [0, 0.1) is 0 Å². The Hall–Kier alpha value is -1.78. The van der Waals surface area contributed by atoms with Gasteiger partial charge in [-0.25, -0.2) is 4.79 Å². The fraction of sp³-hybridized carbons (Fsp3) is 0.364. The van der Waals surface area contributed by atoms with E-state index < -0.39 is 5.97 Å². The minimum absolute atomic E-state index is 0.128. The molecular weight excluding hydrogens is 380 g/mol. The molecule has 0 heterocycles. The minimum Gasteiger partial charge on any atom is -0.462 e. The molecule has 0 radical (unpaired) electrons. The summed E-state index contributed by atoms with van der Waals surface area (Å²) in [7, 11) is 0. The van der Waals surface area contributed by atoms with E-state index in [2.05, 4.69) is 33.8 Å². The number of carbonyl (C=O) groups is 2. The molecule has 0 spiro atoms. The van der Waals surface area contributed by atoms with Crippen molar-refractivity contribution in [3.05, 3.63) is 63.7 Å². The highest BCUT2D eigenvalue weighted by molar-refractivity contribution is 8.14. The zero-order valence-electron chi connectivity index (χ0n) is 16.3. The normalized spacial score (nSPS) is 11.1. The maximum absolute atomic E-state index is 12.8. The second-order valence-electron chi connectivity index (χ2n) is 6.91. The molecule has 0 aromatic heterocycles. The van der Waals surface area contributed by atoms with Crippen LogP contribution in [-0.2, 0) is 4.74 Å². The first-order valence-electron chi connectivity index (χ1n) is 9.07. The van der Waals surface area contributed by atoms with E-state index in [4.69, 9.17) is 16.3 Å². The van der Waals surface area contributed by atoms with Crippen molar-refractivity contribution in [3.63, 3.8) is 0 Å². The summed E-state index contributed by atoms with van der Waals surface area (Å²) in [6, 6.07) is 10.7. The standard InChI is InChI=1S/C22H25ClO3S/c1-6-26-21(24)19-12-16(13(2)3)11-18(14(4)5)20(19)27-22(25)15-7-9-17(23)10-8-15/h7-14H,6H2,1-5H3. The molecule has 0 unspecified atom stereocenters. The van der Waals surface area contributed by atoms with Gasteiger partial charge in [0.05, 0.1) is 12.2 Å². The van der Waals surface area contributed by atoms with Crippen LogP contribution in [0.3, 0.4) is 0 Å². The largest absolute Gasteiger partial charge is 0.462 e. The van der Waals surface area contributed by atoms with Crippen LogP contribution in [0.5, 0.6) is 0 Å². The van der Waals surface area contributed by atoms with E-state index in [1.54, 1.807) is 31.2 Å². The minimum atomic E-state index is -0.395. The van der Waals surface area contributed by atoms with Crippen LogP contribution >= 0.6 is 23.4 Å². The van der Waals surface area contributed by atoms with Crippen molar-refractivity contribution in [2.45, 2.75) is 51.3 Å². The number of hydrogen-bond donors (Lipinski definition) is 0. The fourth-order valence-corrected chi connectivity index (χ4v) is 3.88. The van der Waals surface area contributed by atoms with Gasteiger partial charge in [-0.3, -0.25) is 4.79 Å². The number of carbonyl (C=O) groups excluding carboxylic acids is 2. The van der Waals surface area contributed by atoms with Gasteiger partial charge < -0.3 is 4.74 Å². The molecule has 0 bridgehead atoms. The lowest BCUT2D eigenvalue weighted by molar-refractivity contribution is 0.0522. The van der Waals surface area contributed by atoms with Crippen molar-refractivity contribution in [1.82, 2.24) is 0 Å². The molecule has 0 aliphatic carbocycles. The lowest BCUT2D eigenvalue weighted by Crippen LogP contribution is -2.11. The molecule has 144 valence electrons. The number of halogens is 1. The number of rotatable bonds is 6. The molecule has 0 fully saturated rings. The van der Waals surface area contributed by atoms with Crippen molar-refractivity contribution in [3.8, 4) is 0 Å². The summed E-state index contributed by atoms with van der Waals surface area (Å²) < 4.78 is 5.26.